The van der Waals surface area contributed by atoms with Gasteiger partial charge in [0.1, 0.15) is 12.1 Å². The van der Waals surface area contributed by atoms with E-state index in [-0.39, 0.29) is 25.3 Å². The number of carbonyl (C=O) groups is 4. The molecule has 0 saturated heterocycles. The van der Waals surface area contributed by atoms with Crippen LogP contribution in [0.5, 0.6) is 0 Å². The smallest absolute Gasteiger partial charge is 0.319 e. The zero-order valence-electron chi connectivity index (χ0n) is 21.8. The van der Waals surface area contributed by atoms with Gasteiger partial charge in [-0.1, -0.05) is 44.2 Å². The maximum absolute atomic E-state index is 13.4. The highest BCUT2D eigenvalue weighted by Crippen LogP contribution is 2.19. The zero-order valence-corrected chi connectivity index (χ0v) is 21.8. The van der Waals surface area contributed by atoms with Gasteiger partial charge in [0, 0.05) is 35.8 Å². The summed E-state index contributed by atoms with van der Waals surface area (Å²) in [4.78, 5) is 53.2. The van der Waals surface area contributed by atoms with Crippen molar-refractivity contribution >= 4 is 40.4 Å². The topological polar surface area (TPSA) is 152 Å². The number of amides is 4. The lowest BCUT2D eigenvalue weighted by atomic mass is 10.0. The van der Waals surface area contributed by atoms with E-state index in [9.17, 15) is 19.2 Å². The molecule has 0 fully saturated rings. The number of carboxylic acids is 1. The number of rotatable bonds is 12. The molecule has 2 atom stereocenters. The lowest BCUT2D eigenvalue weighted by Crippen LogP contribution is -2.55. The number of aryl methyl sites for hydroxylation is 1. The van der Waals surface area contributed by atoms with Crippen molar-refractivity contribution < 1.29 is 24.3 Å². The Kier molecular flexibility index (Phi) is 9.86. The molecule has 10 heteroatoms. The van der Waals surface area contributed by atoms with Gasteiger partial charge in [-0.25, -0.2) is 4.79 Å². The molecule has 4 amide bonds. The molecule has 1 aromatic heterocycles. The van der Waals surface area contributed by atoms with Crippen molar-refractivity contribution in [1.29, 1.82) is 0 Å². The Morgan fingerprint density at radius 1 is 0.947 bits per heavy atom. The van der Waals surface area contributed by atoms with E-state index >= 15 is 0 Å². The highest BCUT2D eigenvalue weighted by atomic mass is 16.4. The molecule has 0 radical (unpaired) electrons. The number of nitrogens with one attached hydrogen (secondary N) is 5. The molecule has 0 bridgehead atoms. The average molecular weight is 522 g/mol. The number of hydrogen-bond donors (Lipinski definition) is 6. The Bertz CT molecular complexity index is 1290. The van der Waals surface area contributed by atoms with Crippen molar-refractivity contribution in [2.45, 2.75) is 52.1 Å². The van der Waals surface area contributed by atoms with Crippen molar-refractivity contribution in [3.8, 4) is 0 Å². The van der Waals surface area contributed by atoms with Crippen LogP contribution in [0.15, 0.2) is 54.7 Å². The Hall–Kier alpha value is -4.34. The Balaban J connectivity index is 1.76. The quantitative estimate of drug-likeness (QED) is 0.216. The van der Waals surface area contributed by atoms with Crippen LogP contribution < -0.4 is 21.3 Å². The van der Waals surface area contributed by atoms with E-state index in [1.165, 1.54) is 0 Å². The number of aromatic amines is 1. The fourth-order valence-electron chi connectivity index (χ4n) is 4.17. The summed E-state index contributed by atoms with van der Waals surface area (Å²) < 4.78 is 0. The first-order chi connectivity index (χ1) is 18.1. The number of aromatic nitrogens is 1. The molecule has 3 rings (SSSR count). The van der Waals surface area contributed by atoms with Crippen LogP contribution in [0, 0.1) is 12.8 Å². The number of urea groups is 1. The van der Waals surface area contributed by atoms with E-state index in [0.717, 1.165) is 22.0 Å². The second-order valence-electron chi connectivity index (χ2n) is 9.71. The minimum absolute atomic E-state index is 0.0685. The van der Waals surface area contributed by atoms with Gasteiger partial charge in [0.05, 0.1) is 6.42 Å². The third-order valence-corrected chi connectivity index (χ3v) is 5.97. The molecule has 1 heterocycles. The van der Waals surface area contributed by atoms with Crippen molar-refractivity contribution in [1.82, 2.24) is 20.9 Å². The van der Waals surface area contributed by atoms with E-state index in [0.29, 0.717) is 12.1 Å². The summed E-state index contributed by atoms with van der Waals surface area (Å²) in [6, 6.07) is 12.5. The minimum Gasteiger partial charge on any atom is -0.481 e. The number of anilines is 1. The fraction of sp³-hybridized carbons (Fsp3) is 0.357. The lowest BCUT2D eigenvalue weighted by Gasteiger charge is -2.24. The van der Waals surface area contributed by atoms with Crippen LogP contribution in [0.2, 0.25) is 0 Å². The maximum Gasteiger partial charge on any atom is 0.319 e. The lowest BCUT2D eigenvalue weighted by molar-refractivity contribution is -0.137. The van der Waals surface area contributed by atoms with Crippen molar-refractivity contribution in [2.75, 3.05) is 11.9 Å². The SMILES string of the molecule is Cc1cccc(NC(=O)N[C@@H](CC(C)C)C(=O)N[C@H](Cc2c[nH]c3ccccc23)C(=O)NCCC(=O)O)c1. The highest BCUT2D eigenvalue weighted by molar-refractivity contribution is 5.96. The molecule has 6 N–H and O–H groups in total. The van der Waals surface area contributed by atoms with Crippen LogP contribution in [0.25, 0.3) is 10.9 Å². The van der Waals surface area contributed by atoms with E-state index in [2.05, 4.69) is 26.3 Å². The Morgan fingerprint density at radius 2 is 1.71 bits per heavy atom. The molecule has 0 aliphatic heterocycles. The van der Waals surface area contributed by atoms with Gasteiger partial charge in [-0.05, 0) is 48.6 Å². The summed E-state index contributed by atoms with van der Waals surface area (Å²) in [7, 11) is 0. The van der Waals surface area contributed by atoms with Crippen molar-refractivity contribution in [3.05, 3.63) is 65.9 Å². The summed E-state index contributed by atoms with van der Waals surface area (Å²) in [6.45, 7) is 5.71. The molecule has 0 aliphatic carbocycles. The Morgan fingerprint density at radius 3 is 2.42 bits per heavy atom. The first-order valence-electron chi connectivity index (χ1n) is 12.6. The monoisotopic (exact) mass is 521 g/mol. The number of fused-ring (bicyclic) bond motifs is 1. The standard InChI is InChI=1S/C28H35N5O5/c1-17(2)13-23(33-28(38)31-20-8-6-7-18(3)14-20)27(37)32-24(26(36)29-12-11-25(34)35)15-19-16-30-22-10-5-4-9-21(19)22/h4-10,14,16-17,23-24,30H,11-13,15H2,1-3H3,(H,29,36)(H,32,37)(H,34,35)(H2,31,33,38)/t23-,24+/m0/s1. The Labute approximate surface area is 221 Å². The van der Waals surface area contributed by atoms with Crippen LogP contribution in [0.1, 0.15) is 37.8 Å². The largest absolute Gasteiger partial charge is 0.481 e. The number of aliphatic carboxylic acids is 1. The average Bonchev–Trinajstić information content (AvgIpc) is 3.25. The summed E-state index contributed by atoms with van der Waals surface area (Å²) in [5, 5.41) is 20.7. The first kappa shape index (κ1) is 28.2. The summed E-state index contributed by atoms with van der Waals surface area (Å²) >= 11 is 0. The van der Waals surface area contributed by atoms with Crippen molar-refractivity contribution in [2.24, 2.45) is 5.92 Å². The maximum atomic E-state index is 13.4. The van der Waals surface area contributed by atoms with Gasteiger partial charge in [-0.3, -0.25) is 14.4 Å². The second-order valence-corrected chi connectivity index (χ2v) is 9.71. The summed E-state index contributed by atoms with van der Waals surface area (Å²) in [5.41, 5.74) is 3.30. The van der Waals surface area contributed by atoms with E-state index < -0.39 is 35.9 Å². The van der Waals surface area contributed by atoms with E-state index in [1.807, 2.05) is 63.2 Å². The fourth-order valence-corrected chi connectivity index (χ4v) is 4.17. The normalized spacial score (nSPS) is 12.5. The number of para-hydroxylation sites is 1. The number of hydrogen-bond acceptors (Lipinski definition) is 4. The molecular formula is C28H35N5O5. The van der Waals surface area contributed by atoms with Gasteiger partial charge in [0.25, 0.3) is 0 Å². The second kappa shape index (κ2) is 13.3. The predicted molar refractivity (Wildman–Crippen MR) is 146 cm³/mol. The minimum atomic E-state index is -1.04. The highest BCUT2D eigenvalue weighted by Gasteiger charge is 2.28. The van der Waals surface area contributed by atoms with E-state index in [4.69, 9.17) is 5.11 Å². The van der Waals surface area contributed by atoms with Crippen LogP contribution in [0.3, 0.4) is 0 Å². The van der Waals surface area contributed by atoms with Gasteiger partial charge in [-0.2, -0.15) is 0 Å². The number of carbonyl (C=O) groups excluding carboxylic acids is 3. The van der Waals surface area contributed by atoms with Crippen LogP contribution in [-0.2, 0) is 20.8 Å². The molecule has 3 aromatic rings. The van der Waals surface area contributed by atoms with Crippen LogP contribution in [0.4, 0.5) is 10.5 Å². The molecule has 0 aliphatic rings. The van der Waals surface area contributed by atoms with E-state index in [1.54, 1.807) is 12.3 Å². The number of benzene rings is 2. The van der Waals surface area contributed by atoms with Crippen molar-refractivity contribution in [3.63, 3.8) is 0 Å². The third-order valence-electron chi connectivity index (χ3n) is 5.97. The molecular weight excluding hydrogens is 486 g/mol. The van der Waals surface area contributed by atoms with Gasteiger partial charge in [0.15, 0.2) is 0 Å². The molecule has 0 saturated carbocycles. The molecule has 202 valence electrons. The van der Waals surface area contributed by atoms with Crippen LogP contribution >= 0.6 is 0 Å². The third kappa shape index (κ3) is 8.36. The van der Waals surface area contributed by atoms with Crippen LogP contribution in [-0.4, -0.2) is 52.5 Å². The molecule has 0 spiro atoms. The molecule has 10 nitrogen and oxygen atoms in total. The molecule has 2 aromatic carbocycles. The molecule has 38 heavy (non-hydrogen) atoms. The van der Waals surface area contributed by atoms with Gasteiger partial charge in [0.2, 0.25) is 11.8 Å². The predicted octanol–water partition coefficient (Wildman–Crippen LogP) is 3.33. The summed E-state index contributed by atoms with van der Waals surface area (Å²) in [5.74, 6) is -1.96. The van der Waals surface area contributed by atoms with Gasteiger partial charge in [-0.15, -0.1) is 0 Å². The van der Waals surface area contributed by atoms with Gasteiger partial charge < -0.3 is 31.4 Å². The number of carboxylic acid groups (broad SMARTS) is 1. The number of H-pyrrole nitrogens is 1. The first-order valence-corrected chi connectivity index (χ1v) is 12.6. The zero-order chi connectivity index (χ0) is 27.7. The molecule has 0 unspecified atom stereocenters. The summed E-state index contributed by atoms with van der Waals surface area (Å²) in [6.07, 6.45) is 2.08. The van der Waals surface area contributed by atoms with Gasteiger partial charge >= 0.3 is 12.0 Å².